The van der Waals surface area contributed by atoms with E-state index in [-0.39, 0.29) is 18.8 Å². The molecule has 0 aliphatic carbocycles. The second-order valence-electron chi connectivity index (χ2n) is 6.84. The van der Waals surface area contributed by atoms with E-state index < -0.39 is 17.7 Å². The van der Waals surface area contributed by atoms with Crippen LogP contribution in [0.4, 0.5) is 4.79 Å². The molecule has 1 heterocycles. The van der Waals surface area contributed by atoms with Crippen LogP contribution < -0.4 is 5.32 Å². The summed E-state index contributed by atoms with van der Waals surface area (Å²) in [6, 6.07) is 0. The van der Waals surface area contributed by atoms with E-state index >= 15 is 0 Å². The molecule has 0 aliphatic rings. The summed E-state index contributed by atoms with van der Waals surface area (Å²) >= 11 is 0. The van der Waals surface area contributed by atoms with E-state index in [1.54, 1.807) is 32.4 Å². The highest BCUT2D eigenvalue weighted by molar-refractivity contribution is 5.88. The van der Waals surface area contributed by atoms with E-state index in [9.17, 15) is 9.59 Å². The molecule has 0 atom stereocenters. The Kier molecular flexibility index (Phi) is 7.82. The lowest BCUT2D eigenvalue weighted by molar-refractivity contribution is 0.0497. The van der Waals surface area contributed by atoms with Crippen LogP contribution in [0.3, 0.4) is 0 Å². The largest absolute Gasteiger partial charge is 0.461 e. The minimum Gasteiger partial charge on any atom is -0.461 e. The first-order chi connectivity index (χ1) is 11.6. The lowest BCUT2D eigenvalue weighted by Crippen LogP contribution is -2.33. The van der Waals surface area contributed by atoms with Gasteiger partial charge in [-0.25, -0.2) is 14.3 Å². The average molecular weight is 355 g/mol. The number of hydrogen-bond acceptors (Lipinski definition) is 7. The highest BCUT2D eigenvalue weighted by atomic mass is 16.6. The summed E-state index contributed by atoms with van der Waals surface area (Å²) < 4.78 is 11.8. The maximum absolute atomic E-state index is 12.0. The van der Waals surface area contributed by atoms with Crippen molar-refractivity contribution < 1.29 is 19.1 Å². The van der Waals surface area contributed by atoms with Gasteiger partial charge >= 0.3 is 12.1 Å². The topological polar surface area (TPSA) is 98.6 Å². The number of nitrogens with one attached hydrogen (secondary N) is 1. The van der Waals surface area contributed by atoms with Gasteiger partial charge in [0.05, 0.1) is 18.8 Å². The molecule has 1 aromatic heterocycles. The van der Waals surface area contributed by atoms with Crippen LogP contribution >= 0.6 is 0 Å². The summed E-state index contributed by atoms with van der Waals surface area (Å²) in [6.45, 7) is 8.84. The van der Waals surface area contributed by atoms with Crippen molar-refractivity contribution >= 4 is 12.1 Å². The molecule has 0 radical (unpaired) electrons. The number of aromatic nitrogens is 3. The van der Waals surface area contributed by atoms with Gasteiger partial charge in [0.2, 0.25) is 0 Å². The molecule has 142 valence electrons. The molecule has 1 rings (SSSR count). The number of hydrogen-bond donors (Lipinski definition) is 1. The fraction of sp³-hybridized carbons (Fsp3) is 0.750. The van der Waals surface area contributed by atoms with Crippen LogP contribution in [-0.2, 0) is 22.6 Å². The van der Waals surface area contributed by atoms with Gasteiger partial charge in [-0.3, -0.25) is 0 Å². The Morgan fingerprint density at radius 2 is 1.96 bits per heavy atom. The number of ether oxygens (including phenoxy) is 2. The molecule has 0 bridgehead atoms. The first-order valence-electron chi connectivity index (χ1n) is 8.35. The van der Waals surface area contributed by atoms with Crippen molar-refractivity contribution in [2.75, 3.05) is 27.2 Å². The summed E-state index contributed by atoms with van der Waals surface area (Å²) in [5, 5.41) is 10.6. The fourth-order valence-electron chi connectivity index (χ4n) is 2.05. The Hall–Kier alpha value is -2.16. The first-order valence-corrected chi connectivity index (χ1v) is 8.35. The molecule has 0 fully saturated rings. The van der Waals surface area contributed by atoms with Gasteiger partial charge < -0.3 is 19.7 Å². The van der Waals surface area contributed by atoms with Crippen molar-refractivity contribution in [3.05, 3.63) is 11.4 Å². The lowest BCUT2D eigenvalue weighted by atomic mass is 10.2. The number of aryl methyl sites for hydroxylation is 1. The van der Waals surface area contributed by atoms with Gasteiger partial charge in [0.25, 0.3) is 0 Å². The molecule has 0 aliphatic heterocycles. The zero-order chi connectivity index (χ0) is 19.0. The standard InChI is InChI=1S/C16H29N5O4/c1-7-24-14(22)13-12(11-17-15(23)25-16(2,3)4)21(19-18-13)10-8-9-20(5)6/h7-11H2,1-6H3,(H,17,23). The summed E-state index contributed by atoms with van der Waals surface area (Å²) in [7, 11) is 3.96. The smallest absolute Gasteiger partial charge is 0.407 e. The van der Waals surface area contributed by atoms with Gasteiger partial charge in [-0.2, -0.15) is 0 Å². The highest BCUT2D eigenvalue weighted by Crippen LogP contribution is 2.10. The number of nitrogens with zero attached hydrogens (tertiary/aromatic N) is 4. The lowest BCUT2D eigenvalue weighted by Gasteiger charge is -2.19. The van der Waals surface area contributed by atoms with E-state index in [1.165, 1.54) is 0 Å². The van der Waals surface area contributed by atoms with Crippen LogP contribution in [0.2, 0.25) is 0 Å². The Morgan fingerprint density at radius 3 is 2.52 bits per heavy atom. The normalized spacial score (nSPS) is 11.5. The number of carbonyl (C=O) groups excluding carboxylic acids is 2. The van der Waals surface area contributed by atoms with Gasteiger partial charge in [0, 0.05) is 6.54 Å². The number of rotatable bonds is 8. The van der Waals surface area contributed by atoms with Gasteiger partial charge in [0.15, 0.2) is 5.69 Å². The maximum Gasteiger partial charge on any atom is 0.407 e. The van der Waals surface area contributed by atoms with Gasteiger partial charge in [-0.1, -0.05) is 5.21 Å². The summed E-state index contributed by atoms with van der Waals surface area (Å²) in [6.07, 6.45) is 0.265. The molecule has 0 aromatic carbocycles. The fourth-order valence-corrected chi connectivity index (χ4v) is 2.05. The molecule has 0 spiro atoms. The van der Waals surface area contributed by atoms with Crippen molar-refractivity contribution in [2.45, 2.75) is 52.8 Å². The molecular formula is C16H29N5O4. The van der Waals surface area contributed by atoms with Crippen molar-refractivity contribution in [3.63, 3.8) is 0 Å². The van der Waals surface area contributed by atoms with Crippen LogP contribution in [0.5, 0.6) is 0 Å². The van der Waals surface area contributed by atoms with E-state index in [4.69, 9.17) is 9.47 Å². The Bertz CT molecular complexity index is 578. The van der Waals surface area contributed by atoms with E-state index in [1.807, 2.05) is 14.1 Å². The molecule has 9 nitrogen and oxygen atoms in total. The van der Waals surface area contributed by atoms with Crippen LogP contribution in [0.15, 0.2) is 0 Å². The number of amides is 1. The summed E-state index contributed by atoms with van der Waals surface area (Å²) in [4.78, 5) is 26.0. The van der Waals surface area contributed by atoms with Crippen LogP contribution in [0.1, 0.15) is 50.3 Å². The van der Waals surface area contributed by atoms with E-state index in [2.05, 4.69) is 20.5 Å². The summed E-state index contributed by atoms with van der Waals surface area (Å²) in [5.74, 6) is -0.553. The van der Waals surface area contributed by atoms with Gasteiger partial charge in [-0.05, 0) is 54.8 Å². The average Bonchev–Trinajstić information content (AvgIpc) is 2.86. The molecule has 1 amide bonds. The second kappa shape index (κ2) is 9.36. The van der Waals surface area contributed by atoms with Crippen LogP contribution in [-0.4, -0.2) is 64.8 Å². The second-order valence-corrected chi connectivity index (χ2v) is 6.84. The Morgan fingerprint density at radius 1 is 1.28 bits per heavy atom. The molecule has 1 N–H and O–H groups in total. The monoisotopic (exact) mass is 355 g/mol. The van der Waals surface area contributed by atoms with E-state index in [0.717, 1.165) is 13.0 Å². The number of alkyl carbamates (subject to hydrolysis) is 1. The molecular weight excluding hydrogens is 326 g/mol. The molecule has 0 saturated heterocycles. The Labute approximate surface area is 148 Å². The molecule has 1 aromatic rings. The van der Waals surface area contributed by atoms with Gasteiger partial charge in [-0.15, -0.1) is 5.10 Å². The third kappa shape index (κ3) is 7.51. The number of carbonyl (C=O) groups is 2. The quantitative estimate of drug-likeness (QED) is 0.704. The van der Waals surface area contributed by atoms with Gasteiger partial charge in [0.1, 0.15) is 5.60 Å². The SMILES string of the molecule is CCOC(=O)c1nnn(CCCN(C)C)c1CNC(=O)OC(C)(C)C. The molecule has 9 heteroatoms. The maximum atomic E-state index is 12.0. The predicted octanol–water partition coefficient (Wildman–Crippen LogP) is 1.43. The number of esters is 1. The highest BCUT2D eigenvalue weighted by Gasteiger charge is 2.22. The third-order valence-electron chi connectivity index (χ3n) is 3.08. The zero-order valence-electron chi connectivity index (χ0n) is 16.0. The van der Waals surface area contributed by atoms with Crippen molar-refractivity contribution in [2.24, 2.45) is 0 Å². The minimum absolute atomic E-state index is 0.0814. The Balaban J connectivity index is 2.85. The van der Waals surface area contributed by atoms with Crippen LogP contribution in [0, 0.1) is 0 Å². The zero-order valence-corrected chi connectivity index (χ0v) is 16.0. The van der Waals surface area contributed by atoms with Crippen molar-refractivity contribution in [1.82, 2.24) is 25.2 Å². The van der Waals surface area contributed by atoms with Crippen molar-refractivity contribution in [3.8, 4) is 0 Å². The minimum atomic E-state index is -0.599. The van der Waals surface area contributed by atoms with Crippen LogP contribution in [0.25, 0.3) is 0 Å². The molecule has 25 heavy (non-hydrogen) atoms. The van der Waals surface area contributed by atoms with Crippen molar-refractivity contribution in [1.29, 1.82) is 0 Å². The molecule has 0 saturated carbocycles. The predicted molar refractivity (Wildman–Crippen MR) is 92.2 cm³/mol. The molecule has 0 unspecified atom stereocenters. The summed E-state index contributed by atoms with van der Waals surface area (Å²) in [5.41, 5.74) is 0.0176. The van der Waals surface area contributed by atoms with E-state index in [0.29, 0.717) is 12.2 Å². The first kappa shape index (κ1) is 20.9. The third-order valence-corrected chi connectivity index (χ3v) is 3.08.